The van der Waals surface area contributed by atoms with Gasteiger partial charge in [0.1, 0.15) is 5.75 Å². The predicted molar refractivity (Wildman–Crippen MR) is 53.6 cm³/mol. The minimum absolute atomic E-state index is 0.0632. The largest absolute Gasteiger partial charge is 0.426 e. The Hall–Kier alpha value is -2.31. The predicted octanol–water partition coefficient (Wildman–Crippen LogP) is 2.67. The van der Waals surface area contributed by atoms with E-state index in [1.165, 1.54) is 12.1 Å². The average molecular weight is 243 g/mol. The van der Waals surface area contributed by atoms with Crippen molar-refractivity contribution in [2.75, 3.05) is 0 Å². The van der Waals surface area contributed by atoms with Crippen molar-refractivity contribution in [3.63, 3.8) is 0 Å². The van der Waals surface area contributed by atoms with Crippen LogP contribution in [0.15, 0.2) is 36.4 Å². The number of hydrogen-bond acceptors (Lipinski definition) is 4. The number of benzene rings is 1. The van der Waals surface area contributed by atoms with Gasteiger partial charge >= 0.3 is 5.97 Å². The second-order valence-electron chi connectivity index (χ2n) is 2.92. The first-order chi connectivity index (χ1) is 7.99. The monoisotopic (exact) mass is 243 g/mol. The first-order valence-electron chi connectivity index (χ1n) is 4.45. The second-order valence-corrected chi connectivity index (χ2v) is 2.92. The van der Waals surface area contributed by atoms with Gasteiger partial charge in [0.15, 0.2) is 0 Å². The molecule has 7 heteroatoms. The number of carbonyl (C=O) groups is 1. The van der Waals surface area contributed by atoms with Gasteiger partial charge in [0.2, 0.25) is 0 Å². The highest BCUT2D eigenvalue weighted by Gasteiger charge is 2.07. The molecule has 1 aromatic rings. The normalized spacial score (nSPS) is 9.53. The van der Waals surface area contributed by atoms with E-state index in [-0.39, 0.29) is 11.4 Å². The minimum Gasteiger partial charge on any atom is -0.426 e. The van der Waals surface area contributed by atoms with Crippen molar-refractivity contribution in [1.29, 1.82) is 0 Å². The van der Waals surface area contributed by atoms with Crippen LogP contribution in [0.2, 0.25) is 0 Å². The summed E-state index contributed by atoms with van der Waals surface area (Å²) in [5.74, 6) is -0.806. The topological polar surface area (TPSA) is 69.4 Å². The maximum atomic E-state index is 11.7. The standard InChI is InChI=1S/C10H7F2NO4/c11-9(12)5-6-10(14)17-8-3-1-7(2-4-8)13(15)16/h1-5H,6H2. The quantitative estimate of drug-likeness (QED) is 0.353. The van der Waals surface area contributed by atoms with Gasteiger partial charge in [-0.3, -0.25) is 14.9 Å². The van der Waals surface area contributed by atoms with E-state index >= 15 is 0 Å². The molecule has 0 atom stereocenters. The lowest BCUT2D eigenvalue weighted by atomic mass is 10.3. The summed E-state index contributed by atoms with van der Waals surface area (Å²) >= 11 is 0. The SMILES string of the molecule is O=C(CC=C(F)F)Oc1ccc([N+](=O)[O-])cc1. The second kappa shape index (κ2) is 5.69. The summed E-state index contributed by atoms with van der Waals surface area (Å²) < 4.78 is 28.0. The highest BCUT2D eigenvalue weighted by atomic mass is 19.3. The fraction of sp³-hybridized carbons (Fsp3) is 0.100. The number of hydrogen-bond donors (Lipinski definition) is 0. The molecular formula is C10H7F2NO4. The highest BCUT2D eigenvalue weighted by molar-refractivity contribution is 5.74. The third kappa shape index (κ3) is 4.37. The summed E-state index contributed by atoms with van der Waals surface area (Å²) in [7, 11) is 0. The van der Waals surface area contributed by atoms with Crippen LogP contribution in [-0.4, -0.2) is 10.9 Å². The van der Waals surface area contributed by atoms with Gasteiger partial charge in [0, 0.05) is 12.1 Å². The average Bonchev–Trinajstić information content (AvgIpc) is 2.27. The third-order valence-electron chi connectivity index (χ3n) is 1.70. The lowest BCUT2D eigenvalue weighted by Crippen LogP contribution is -2.06. The molecular weight excluding hydrogens is 236 g/mol. The molecule has 0 aliphatic heterocycles. The van der Waals surface area contributed by atoms with Gasteiger partial charge in [-0.15, -0.1) is 0 Å². The van der Waals surface area contributed by atoms with Crippen LogP contribution in [0.4, 0.5) is 14.5 Å². The zero-order chi connectivity index (χ0) is 12.8. The number of carbonyl (C=O) groups excluding carboxylic acids is 1. The molecule has 0 radical (unpaired) electrons. The minimum atomic E-state index is -1.97. The Bertz CT molecular complexity index is 452. The lowest BCUT2D eigenvalue weighted by Gasteiger charge is -2.01. The van der Waals surface area contributed by atoms with E-state index in [1.54, 1.807) is 0 Å². The molecule has 0 aliphatic carbocycles. The number of nitro groups is 1. The summed E-state index contributed by atoms with van der Waals surface area (Å²) in [6, 6.07) is 4.72. The number of nitrogens with zero attached hydrogens (tertiary/aromatic N) is 1. The van der Waals surface area contributed by atoms with Crippen molar-refractivity contribution in [3.05, 3.63) is 46.5 Å². The molecule has 0 amide bonds. The molecule has 1 rings (SSSR count). The first-order valence-corrected chi connectivity index (χ1v) is 4.45. The van der Waals surface area contributed by atoms with Gasteiger partial charge in [-0.1, -0.05) is 0 Å². The summed E-state index contributed by atoms with van der Waals surface area (Å²) in [5.41, 5.74) is -0.153. The molecule has 0 unspecified atom stereocenters. The Balaban J connectivity index is 2.60. The van der Waals surface area contributed by atoms with E-state index < -0.39 is 23.4 Å². The van der Waals surface area contributed by atoms with E-state index in [4.69, 9.17) is 0 Å². The molecule has 0 saturated carbocycles. The van der Waals surface area contributed by atoms with Gasteiger partial charge in [-0.2, -0.15) is 8.78 Å². The van der Waals surface area contributed by atoms with Crippen molar-refractivity contribution in [2.45, 2.75) is 6.42 Å². The Labute approximate surface area is 94.5 Å². The number of ether oxygens (including phenoxy) is 1. The molecule has 17 heavy (non-hydrogen) atoms. The van der Waals surface area contributed by atoms with E-state index in [0.29, 0.717) is 6.08 Å². The molecule has 90 valence electrons. The maximum absolute atomic E-state index is 11.7. The number of nitro benzene ring substituents is 1. The summed E-state index contributed by atoms with van der Waals surface area (Å²) in [6.45, 7) is 0. The van der Waals surface area contributed by atoms with Crippen LogP contribution >= 0.6 is 0 Å². The Morgan fingerprint density at radius 3 is 2.41 bits per heavy atom. The van der Waals surface area contributed by atoms with Crippen molar-refractivity contribution >= 4 is 11.7 Å². The van der Waals surface area contributed by atoms with Crippen molar-refractivity contribution in [2.24, 2.45) is 0 Å². The molecule has 0 spiro atoms. The molecule has 1 aromatic carbocycles. The van der Waals surface area contributed by atoms with Crippen molar-refractivity contribution in [1.82, 2.24) is 0 Å². The number of rotatable bonds is 4. The number of esters is 1. The molecule has 0 heterocycles. The van der Waals surface area contributed by atoms with E-state index in [0.717, 1.165) is 12.1 Å². The van der Waals surface area contributed by atoms with Gasteiger partial charge in [-0.25, -0.2) is 0 Å². The van der Waals surface area contributed by atoms with Crippen LogP contribution in [-0.2, 0) is 4.79 Å². The van der Waals surface area contributed by atoms with Crippen LogP contribution in [0.1, 0.15) is 6.42 Å². The first kappa shape index (κ1) is 12.8. The molecule has 0 aromatic heterocycles. The van der Waals surface area contributed by atoms with Crippen LogP contribution in [0.25, 0.3) is 0 Å². The van der Waals surface area contributed by atoms with E-state index in [2.05, 4.69) is 4.74 Å². The number of non-ortho nitro benzene ring substituents is 1. The van der Waals surface area contributed by atoms with Crippen LogP contribution < -0.4 is 4.74 Å². The smallest absolute Gasteiger partial charge is 0.315 e. The fourth-order valence-electron chi connectivity index (χ4n) is 0.969. The van der Waals surface area contributed by atoms with Crippen LogP contribution in [0.5, 0.6) is 5.75 Å². The Kier molecular flexibility index (Phi) is 4.27. The van der Waals surface area contributed by atoms with Crippen LogP contribution in [0.3, 0.4) is 0 Å². The van der Waals surface area contributed by atoms with E-state index in [9.17, 15) is 23.7 Å². The lowest BCUT2D eigenvalue weighted by molar-refractivity contribution is -0.384. The zero-order valence-corrected chi connectivity index (χ0v) is 8.43. The zero-order valence-electron chi connectivity index (χ0n) is 8.43. The molecule has 0 bridgehead atoms. The molecule has 0 fully saturated rings. The highest BCUT2D eigenvalue weighted by Crippen LogP contribution is 2.17. The van der Waals surface area contributed by atoms with Gasteiger partial charge in [0.05, 0.1) is 11.3 Å². The summed E-state index contributed by atoms with van der Waals surface area (Å²) in [5, 5.41) is 10.3. The van der Waals surface area contributed by atoms with Gasteiger partial charge < -0.3 is 4.74 Å². The molecule has 0 saturated heterocycles. The maximum Gasteiger partial charge on any atom is 0.315 e. The van der Waals surface area contributed by atoms with E-state index in [1.807, 2.05) is 0 Å². The third-order valence-corrected chi connectivity index (χ3v) is 1.70. The molecule has 0 aliphatic rings. The Morgan fingerprint density at radius 1 is 1.35 bits per heavy atom. The van der Waals surface area contributed by atoms with Crippen molar-refractivity contribution < 1.29 is 23.2 Å². The Morgan fingerprint density at radius 2 is 1.94 bits per heavy atom. The summed E-state index contributed by atoms with van der Waals surface area (Å²) in [6.07, 6.45) is -2.10. The molecule has 0 N–H and O–H groups in total. The fourth-order valence-corrected chi connectivity index (χ4v) is 0.969. The van der Waals surface area contributed by atoms with Gasteiger partial charge in [0.25, 0.3) is 11.8 Å². The van der Waals surface area contributed by atoms with Gasteiger partial charge in [-0.05, 0) is 18.2 Å². The van der Waals surface area contributed by atoms with Crippen molar-refractivity contribution in [3.8, 4) is 5.75 Å². The number of halogens is 2. The summed E-state index contributed by atoms with van der Waals surface area (Å²) in [4.78, 5) is 20.7. The molecule has 5 nitrogen and oxygen atoms in total. The van der Waals surface area contributed by atoms with Crippen LogP contribution in [0, 0.1) is 10.1 Å².